The van der Waals surface area contributed by atoms with E-state index in [1.807, 2.05) is 24.3 Å². The van der Waals surface area contributed by atoms with Gasteiger partial charge in [0, 0.05) is 12.7 Å². The standard InChI is InChI=1S/C13H16N2O2S/c1-3-4-9-18-13-14-11-7-5-6-8-12(11)15(13)17-10(2)16/h5-8H,3-4,9H2,1-2H3. The zero-order chi connectivity index (χ0) is 13.0. The third-order valence-corrected chi connectivity index (χ3v) is 3.45. The van der Waals surface area contributed by atoms with Crippen LogP contribution in [0, 0.1) is 0 Å². The van der Waals surface area contributed by atoms with Gasteiger partial charge in [0.1, 0.15) is 5.52 Å². The number of hydrogen-bond donors (Lipinski definition) is 0. The van der Waals surface area contributed by atoms with Crippen LogP contribution < -0.4 is 4.84 Å². The van der Waals surface area contributed by atoms with Crippen molar-refractivity contribution in [2.24, 2.45) is 0 Å². The first kappa shape index (κ1) is 13.0. The van der Waals surface area contributed by atoms with E-state index in [4.69, 9.17) is 4.84 Å². The average Bonchev–Trinajstić information content (AvgIpc) is 2.68. The summed E-state index contributed by atoms with van der Waals surface area (Å²) < 4.78 is 1.53. The maximum absolute atomic E-state index is 11.2. The summed E-state index contributed by atoms with van der Waals surface area (Å²) in [6, 6.07) is 7.65. The molecule has 18 heavy (non-hydrogen) atoms. The molecule has 5 heteroatoms. The summed E-state index contributed by atoms with van der Waals surface area (Å²) in [5.74, 6) is 0.636. The van der Waals surface area contributed by atoms with E-state index in [0.29, 0.717) is 0 Å². The van der Waals surface area contributed by atoms with E-state index in [-0.39, 0.29) is 5.97 Å². The summed E-state index contributed by atoms with van der Waals surface area (Å²) >= 11 is 1.61. The van der Waals surface area contributed by atoms with Gasteiger partial charge in [-0.25, -0.2) is 9.78 Å². The molecule has 0 fully saturated rings. The molecule has 0 aliphatic rings. The monoisotopic (exact) mass is 264 g/mol. The van der Waals surface area contributed by atoms with E-state index >= 15 is 0 Å². The Hall–Kier alpha value is -1.49. The minimum atomic E-state index is -0.338. The highest BCUT2D eigenvalue weighted by atomic mass is 32.2. The molecule has 2 rings (SSSR count). The molecule has 0 aliphatic carbocycles. The molecule has 1 aromatic heterocycles. The summed E-state index contributed by atoms with van der Waals surface area (Å²) in [6.07, 6.45) is 2.26. The molecule has 2 aromatic rings. The first-order chi connectivity index (χ1) is 8.72. The second-order valence-corrected chi connectivity index (χ2v) is 5.02. The lowest BCUT2D eigenvalue weighted by atomic mass is 10.3. The number of nitrogens with zero attached hydrogens (tertiary/aromatic N) is 2. The number of fused-ring (bicyclic) bond motifs is 1. The molecular formula is C13H16N2O2S. The SMILES string of the molecule is CCCCSc1nc2ccccc2n1OC(C)=O. The van der Waals surface area contributed by atoms with Crippen LogP contribution in [0.5, 0.6) is 0 Å². The Morgan fingerprint density at radius 1 is 1.44 bits per heavy atom. The Labute approximate surface area is 110 Å². The van der Waals surface area contributed by atoms with Crippen molar-refractivity contribution in [3.8, 4) is 0 Å². The van der Waals surface area contributed by atoms with Crippen LogP contribution in [0.2, 0.25) is 0 Å². The molecule has 0 spiro atoms. The first-order valence-electron chi connectivity index (χ1n) is 6.01. The Morgan fingerprint density at radius 2 is 2.22 bits per heavy atom. The van der Waals surface area contributed by atoms with Gasteiger partial charge in [-0.2, -0.15) is 0 Å². The van der Waals surface area contributed by atoms with Gasteiger partial charge in [-0.15, -0.1) is 4.73 Å². The molecule has 0 radical (unpaired) electrons. The summed E-state index contributed by atoms with van der Waals surface area (Å²) in [4.78, 5) is 20.9. The topological polar surface area (TPSA) is 44.1 Å². The summed E-state index contributed by atoms with van der Waals surface area (Å²) in [7, 11) is 0. The van der Waals surface area contributed by atoms with Gasteiger partial charge in [-0.1, -0.05) is 37.2 Å². The summed E-state index contributed by atoms with van der Waals surface area (Å²) in [5.41, 5.74) is 1.67. The Morgan fingerprint density at radius 3 is 2.94 bits per heavy atom. The van der Waals surface area contributed by atoms with E-state index in [9.17, 15) is 4.79 Å². The number of benzene rings is 1. The van der Waals surface area contributed by atoms with Crippen LogP contribution in [0.4, 0.5) is 0 Å². The summed E-state index contributed by atoms with van der Waals surface area (Å²) in [5, 5.41) is 0.736. The smallest absolute Gasteiger partial charge is 0.329 e. The van der Waals surface area contributed by atoms with E-state index < -0.39 is 0 Å². The predicted molar refractivity (Wildman–Crippen MR) is 72.6 cm³/mol. The predicted octanol–water partition coefficient (Wildman–Crippen LogP) is 2.90. The molecular weight excluding hydrogens is 248 g/mol. The van der Waals surface area contributed by atoms with Gasteiger partial charge in [0.15, 0.2) is 0 Å². The van der Waals surface area contributed by atoms with Crippen molar-refractivity contribution < 1.29 is 9.63 Å². The molecule has 0 bridgehead atoms. The number of imidazole rings is 1. The number of hydrogen-bond acceptors (Lipinski definition) is 4. The van der Waals surface area contributed by atoms with E-state index in [2.05, 4.69) is 11.9 Å². The van der Waals surface area contributed by atoms with Crippen LogP contribution in [0.3, 0.4) is 0 Å². The van der Waals surface area contributed by atoms with Gasteiger partial charge >= 0.3 is 5.97 Å². The molecule has 1 heterocycles. The largest absolute Gasteiger partial charge is 0.334 e. The maximum atomic E-state index is 11.2. The molecule has 0 N–H and O–H groups in total. The van der Waals surface area contributed by atoms with Crippen molar-refractivity contribution in [2.75, 3.05) is 5.75 Å². The van der Waals surface area contributed by atoms with E-state index in [1.165, 1.54) is 11.7 Å². The second-order valence-electron chi connectivity index (χ2n) is 3.96. The molecule has 0 saturated carbocycles. The van der Waals surface area contributed by atoms with Crippen LogP contribution in [0.15, 0.2) is 29.4 Å². The fourth-order valence-electron chi connectivity index (χ4n) is 1.60. The van der Waals surface area contributed by atoms with Crippen molar-refractivity contribution >= 4 is 28.8 Å². The van der Waals surface area contributed by atoms with Gasteiger partial charge in [0.25, 0.3) is 0 Å². The number of aromatic nitrogens is 2. The fraction of sp³-hybridized carbons (Fsp3) is 0.385. The highest BCUT2D eigenvalue weighted by molar-refractivity contribution is 7.99. The van der Waals surface area contributed by atoms with Crippen LogP contribution in [-0.4, -0.2) is 21.4 Å². The van der Waals surface area contributed by atoms with Crippen molar-refractivity contribution in [3.63, 3.8) is 0 Å². The maximum Gasteiger partial charge on any atom is 0.329 e. The second kappa shape index (κ2) is 5.91. The summed E-state index contributed by atoms with van der Waals surface area (Å²) in [6.45, 7) is 3.55. The van der Waals surface area contributed by atoms with Crippen LogP contribution >= 0.6 is 11.8 Å². The van der Waals surface area contributed by atoms with Crippen molar-refractivity contribution in [1.29, 1.82) is 0 Å². The normalized spacial score (nSPS) is 10.8. The molecule has 0 saturated heterocycles. The van der Waals surface area contributed by atoms with Crippen LogP contribution in [0.25, 0.3) is 11.0 Å². The van der Waals surface area contributed by atoms with E-state index in [1.54, 1.807) is 11.8 Å². The van der Waals surface area contributed by atoms with Gasteiger partial charge in [-0.05, 0) is 18.6 Å². The molecule has 1 aromatic carbocycles. The number of para-hydroxylation sites is 2. The lowest BCUT2D eigenvalue weighted by Gasteiger charge is -2.06. The minimum absolute atomic E-state index is 0.338. The lowest BCUT2D eigenvalue weighted by Crippen LogP contribution is -2.17. The van der Waals surface area contributed by atoms with Crippen LogP contribution in [-0.2, 0) is 4.79 Å². The zero-order valence-electron chi connectivity index (χ0n) is 10.5. The highest BCUT2D eigenvalue weighted by Gasteiger charge is 2.13. The number of rotatable bonds is 5. The number of carbonyl (C=O) groups excluding carboxylic acids is 1. The van der Waals surface area contributed by atoms with Gasteiger partial charge < -0.3 is 4.84 Å². The van der Waals surface area contributed by atoms with Crippen molar-refractivity contribution in [1.82, 2.24) is 9.71 Å². The Balaban J connectivity index is 2.33. The average molecular weight is 264 g/mol. The van der Waals surface area contributed by atoms with E-state index in [0.717, 1.165) is 34.8 Å². The fourth-order valence-corrected chi connectivity index (χ4v) is 2.63. The third-order valence-electron chi connectivity index (χ3n) is 2.44. The molecule has 0 unspecified atom stereocenters. The van der Waals surface area contributed by atoms with Crippen molar-refractivity contribution in [2.45, 2.75) is 31.8 Å². The van der Waals surface area contributed by atoms with Crippen LogP contribution in [0.1, 0.15) is 26.7 Å². The molecule has 0 atom stereocenters. The first-order valence-corrected chi connectivity index (χ1v) is 7.00. The quantitative estimate of drug-likeness (QED) is 0.615. The molecule has 0 amide bonds. The minimum Gasteiger partial charge on any atom is -0.334 e. The number of carbonyl (C=O) groups is 1. The Kier molecular flexibility index (Phi) is 4.25. The molecule has 96 valence electrons. The third kappa shape index (κ3) is 2.85. The van der Waals surface area contributed by atoms with Crippen molar-refractivity contribution in [3.05, 3.63) is 24.3 Å². The zero-order valence-corrected chi connectivity index (χ0v) is 11.4. The molecule has 4 nitrogen and oxygen atoms in total. The van der Waals surface area contributed by atoms with Gasteiger partial charge in [-0.3, -0.25) is 0 Å². The number of thioether (sulfide) groups is 1. The highest BCUT2D eigenvalue weighted by Crippen LogP contribution is 2.23. The molecule has 0 aliphatic heterocycles. The van der Waals surface area contributed by atoms with Gasteiger partial charge in [0.2, 0.25) is 5.16 Å². The lowest BCUT2D eigenvalue weighted by molar-refractivity contribution is -0.141. The van der Waals surface area contributed by atoms with Gasteiger partial charge in [0.05, 0.1) is 5.52 Å². The number of unbranched alkanes of at least 4 members (excludes halogenated alkanes) is 1. The Bertz CT molecular complexity index is 551.